The van der Waals surface area contributed by atoms with Crippen molar-refractivity contribution in [3.8, 4) is 20.9 Å². The molecule has 5 rings (SSSR count). The van der Waals surface area contributed by atoms with Crippen LogP contribution in [0, 0.1) is 5.92 Å². The van der Waals surface area contributed by atoms with Crippen LogP contribution in [0.2, 0.25) is 0 Å². The van der Waals surface area contributed by atoms with Crippen molar-refractivity contribution in [3.63, 3.8) is 0 Å². The Morgan fingerprint density at radius 2 is 1.08 bits per heavy atom. The lowest BCUT2D eigenvalue weighted by Crippen LogP contribution is -2.11. The lowest BCUT2D eigenvalue weighted by atomic mass is 9.94. The molecule has 0 aliphatic rings. The largest absolute Gasteiger partial charge is 0.340 e. The molecule has 0 fully saturated rings. The molecule has 0 aliphatic heterocycles. The SMILES string of the molecule is CCCCCCCCC(CCCCCC)Cn1c2ccc(-c3cccs3)cc2c2cc(-c3cccs3)ccc21. The highest BCUT2D eigenvalue weighted by Gasteiger charge is 2.17. The third-order valence-electron chi connectivity index (χ3n) is 8.35. The van der Waals surface area contributed by atoms with Crippen LogP contribution in [0.4, 0.5) is 0 Å². The van der Waals surface area contributed by atoms with E-state index in [0.29, 0.717) is 0 Å². The highest BCUT2D eigenvalue weighted by molar-refractivity contribution is 7.13. The van der Waals surface area contributed by atoms with Gasteiger partial charge in [-0.05, 0) is 77.0 Å². The molecule has 0 saturated carbocycles. The average molecular weight is 556 g/mol. The standard InChI is InChI=1S/C36H45NS2/c1-3-5-7-9-10-12-16-28(15-11-8-6-4-2)27-37-33-21-19-29(35-17-13-23-38-35)25-31(33)32-26-30(20-22-34(32)37)36-18-14-24-39-36/h13-14,17-26,28H,3-12,15-16,27H2,1-2H3. The van der Waals surface area contributed by atoms with Crippen molar-refractivity contribution in [1.29, 1.82) is 0 Å². The second-order valence-electron chi connectivity index (χ2n) is 11.3. The van der Waals surface area contributed by atoms with Crippen LogP contribution in [0.3, 0.4) is 0 Å². The van der Waals surface area contributed by atoms with Crippen LogP contribution in [0.25, 0.3) is 42.7 Å². The van der Waals surface area contributed by atoms with Crippen molar-refractivity contribution in [2.45, 2.75) is 97.4 Å². The molecule has 39 heavy (non-hydrogen) atoms. The van der Waals surface area contributed by atoms with E-state index < -0.39 is 0 Å². The van der Waals surface area contributed by atoms with Crippen LogP contribution in [0.1, 0.15) is 90.9 Å². The van der Waals surface area contributed by atoms with E-state index in [9.17, 15) is 0 Å². The van der Waals surface area contributed by atoms with E-state index in [1.807, 2.05) is 22.7 Å². The summed E-state index contributed by atoms with van der Waals surface area (Å²) < 4.78 is 2.67. The topological polar surface area (TPSA) is 4.93 Å². The molecule has 3 aromatic heterocycles. The zero-order chi connectivity index (χ0) is 26.9. The number of fused-ring (bicyclic) bond motifs is 3. The molecule has 0 saturated heterocycles. The molecular weight excluding hydrogens is 511 g/mol. The summed E-state index contributed by atoms with van der Waals surface area (Å²) in [4.78, 5) is 2.70. The first kappa shape index (κ1) is 28.2. The van der Waals surface area contributed by atoms with Crippen LogP contribution in [0.15, 0.2) is 71.4 Å². The van der Waals surface area contributed by atoms with Crippen molar-refractivity contribution in [2.75, 3.05) is 0 Å². The maximum atomic E-state index is 2.67. The van der Waals surface area contributed by atoms with Crippen molar-refractivity contribution < 1.29 is 0 Å². The van der Waals surface area contributed by atoms with E-state index in [1.165, 1.54) is 120 Å². The van der Waals surface area contributed by atoms with E-state index in [-0.39, 0.29) is 0 Å². The lowest BCUT2D eigenvalue weighted by molar-refractivity contribution is 0.365. The van der Waals surface area contributed by atoms with E-state index in [1.54, 1.807) is 0 Å². The average Bonchev–Trinajstić information content (AvgIpc) is 3.74. The molecule has 1 nitrogen and oxygen atoms in total. The maximum absolute atomic E-state index is 2.67. The summed E-state index contributed by atoms with van der Waals surface area (Å²) >= 11 is 3.66. The molecule has 0 bridgehead atoms. The quantitative estimate of drug-likeness (QED) is 0.107. The molecule has 0 radical (unpaired) electrons. The predicted molar refractivity (Wildman–Crippen MR) is 176 cm³/mol. The number of nitrogens with zero attached hydrogens (tertiary/aromatic N) is 1. The van der Waals surface area contributed by atoms with Crippen LogP contribution in [0.5, 0.6) is 0 Å². The molecule has 3 heterocycles. The number of aromatic nitrogens is 1. The number of benzene rings is 2. The molecule has 1 atom stereocenters. The van der Waals surface area contributed by atoms with Crippen LogP contribution in [-0.2, 0) is 6.54 Å². The summed E-state index contributed by atoms with van der Waals surface area (Å²) in [7, 11) is 0. The summed E-state index contributed by atoms with van der Waals surface area (Å²) in [6.07, 6.45) is 16.5. The van der Waals surface area contributed by atoms with Gasteiger partial charge in [0.2, 0.25) is 0 Å². The van der Waals surface area contributed by atoms with Gasteiger partial charge in [-0.3, -0.25) is 0 Å². The number of hydrogen-bond donors (Lipinski definition) is 0. The first-order valence-electron chi connectivity index (χ1n) is 15.4. The van der Waals surface area contributed by atoms with Gasteiger partial charge in [-0.1, -0.05) is 102 Å². The van der Waals surface area contributed by atoms with Gasteiger partial charge in [0.05, 0.1) is 0 Å². The van der Waals surface area contributed by atoms with E-state index in [2.05, 4.69) is 89.8 Å². The van der Waals surface area contributed by atoms with Crippen molar-refractivity contribution in [1.82, 2.24) is 4.57 Å². The molecule has 3 heteroatoms. The summed E-state index contributed by atoms with van der Waals surface area (Å²) in [5, 5.41) is 7.17. The van der Waals surface area contributed by atoms with Gasteiger partial charge in [-0.2, -0.15) is 0 Å². The van der Waals surface area contributed by atoms with Crippen LogP contribution in [-0.4, -0.2) is 4.57 Å². The Kier molecular flexibility index (Phi) is 10.3. The first-order valence-corrected chi connectivity index (χ1v) is 17.2. The molecule has 206 valence electrons. The summed E-state index contributed by atoms with van der Waals surface area (Å²) in [6, 6.07) is 23.2. The minimum Gasteiger partial charge on any atom is -0.340 e. The van der Waals surface area contributed by atoms with Crippen molar-refractivity contribution in [3.05, 3.63) is 71.4 Å². The smallest absolute Gasteiger partial charge is 0.0491 e. The van der Waals surface area contributed by atoms with Gasteiger partial charge >= 0.3 is 0 Å². The first-order chi connectivity index (χ1) is 19.3. The van der Waals surface area contributed by atoms with Gasteiger partial charge < -0.3 is 4.57 Å². The zero-order valence-corrected chi connectivity index (χ0v) is 25.6. The third kappa shape index (κ3) is 7.05. The number of rotatable bonds is 16. The van der Waals surface area contributed by atoms with Gasteiger partial charge in [0, 0.05) is 38.1 Å². The molecule has 1 unspecified atom stereocenters. The Bertz CT molecular complexity index is 1320. The van der Waals surface area contributed by atoms with Gasteiger partial charge in [-0.15, -0.1) is 22.7 Å². The van der Waals surface area contributed by atoms with E-state index >= 15 is 0 Å². The van der Waals surface area contributed by atoms with Gasteiger partial charge in [0.25, 0.3) is 0 Å². The highest BCUT2D eigenvalue weighted by Crippen LogP contribution is 2.38. The Labute approximate surface area is 243 Å². The maximum Gasteiger partial charge on any atom is 0.0491 e. The minimum atomic E-state index is 0.751. The normalized spacial score (nSPS) is 12.6. The van der Waals surface area contributed by atoms with Crippen LogP contribution >= 0.6 is 22.7 Å². The second-order valence-corrected chi connectivity index (χ2v) is 13.2. The van der Waals surface area contributed by atoms with Crippen LogP contribution < -0.4 is 0 Å². The van der Waals surface area contributed by atoms with Crippen molar-refractivity contribution in [2.24, 2.45) is 5.92 Å². The number of thiophene rings is 2. The molecule has 0 N–H and O–H groups in total. The number of hydrogen-bond acceptors (Lipinski definition) is 2. The molecule has 0 spiro atoms. The summed E-state index contributed by atoms with van der Waals surface area (Å²) in [6.45, 7) is 5.77. The van der Waals surface area contributed by atoms with Crippen molar-refractivity contribution >= 4 is 44.5 Å². The fraction of sp³-hybridized carbons (Fsp3) is 0.444. The van der Waals surface area contributed by atoms with Gasteiger partial charge in [-0.25, -0.2) is 0 Å². The van der Waals surface area contributed by atoms with E-state index in [4.69, 9.17) is 0 Å². The minimum absolute atomic E-state index is 0.751. The second kappa shape index (κ2) is 14.3. The Morgan fingerprint density at radius 1 is 0.590 bits per heavy atom. The molecule has 5 aromatic rings. The fourth-order valence-electron chi connectivity index (χ4n) is 6.15. The Morgan fingerprint density at radius 3 is 1.56 bits per heavy atom. The molecule has 0 amide bonds. The zero-order valence-electron chi connectivity index (χ0n) is 24.0. The monoisotopic (exact) mass is 555 g/mol. The Balaban J connectivity index is 1.47. The predicted octanol–water partition coefficient (Wildman–Crippen LogP) is 12.6. The molecule has 0 aliphatic carbocycles. The molecular formula is C36H45NS2. The number of unbranched alkanes of at least 4 members (excludes halogenated alkanes) is 8. The highest BCUT2D eigenvalue weighted by atomic mass is 32.1. The van der Waals surface area contributed by atoms with Gasteiger partial charge in [0.15, 0.2) is 0 Å². The van der Waals surface area contributed by atoms with E-state index in [0.717, 1.165) is 12.5 Å². The molecule has 2 aromatic carbocycles. The van der Waals surface area contributed by atoms with Gasteiger partial charge in [0.1, 0.15) is 0 Å². The lowest BCUT2D eigenvalue weighted by Gasteiger charge is -2.20. The summed E-state index contributed by atoms with van der Waals surface area (Å²) in [5.74, 6) is 0.751. The Hall–Kier alpha value is -2.36. The summed E-state index contributed by atoms with van der Waals surface area (Å²) in [5.41, 5.74) is 5.47. The fourth-order valence-corrected chi connectivity index (χ4v) is 7.60. The third-order valence-corrected chi connectivity index (χ3v) is 10.2.